The summed E-state index contributed by atoms with van der Waals surface area (Å²) in [5.41, 5.74) is 2.06. The molecule has 0 aliphatic carbocycles. The molecule has 0 N–H and O–H groups in total. The van der Waals surface area contributed by atoms with Crippen LogP contribution < -0.4 is 0 Å². The van der Waals surface area contributed by atoms with Gasteiger partial charge in [0.2, 0.25) is 5.91 Å². The molecule has 2 aromatic rings. The van der Waals surface area contributed by atoms with E-state index in [1.165, 1.54) is 17.7 Å². The molecule has 0 bridgehead atoms. The lowest BCUT2D eigenvalue weighted by Crippen LogP contribution is -2.33. The zero-order valence-electron chi connectivity index (χ0n) is 11.6. The van der Waals surface area contributed by atoms with Crippen LogP contribution in [0.2, 0.25) is 0 Å². The monoisotopic (exact) mass is 305 g/mol. The third-order valence-electron chi connectivity index (χ3n) is 3.27. The molecule has 0 saturated carbocycles. The summed E-state index contributed by atoms with van der Waals surface area (Å²) in [6.07, 6.45) is 0.769. The third kappa shape index (κ3) is 4.87. The van der Waals surface area contributed by atoms with Gasteiger partial charge in [0.1, 0.15) is 11.7 Å². The Labute approximate surface area is 129 Å². The smallest absolute Gasteiger partial charge is 0.237 e. The first-order chi connectivity index (χ1) is 10.2. The number of benzene rings is 2. The first-order valence-corrected chi connectivity index (χ1v) is 7.34. The van der Waals surface area contributed by atoms with E-state index in [-0.39, 0.29) is 17.6 Å². The number of rotatable bonds is 6. The summed E-state index contributed by atoms with van der Waals surface area (Å²) < 4.78 is 12.9. The lowest BCUT2D eigenvalue weighted by Gasteiger charge is -2.22. The Kier molecular flexibility index (Phi) is 5.76. The van der Waals surface area contributed by atoms with Crippen LogP contribution in [-0.4, -0.2) is 23.2 Å². The zero-order valence-corrected chi connectivity index (χ0v) is 12.4. The largest absolute Gasteiger partial charge is 0.337 e. The van der Waals surface area contributed by atoms with Gasteiger partial charge >= 0.3 is 0 Å². The van der Waals surface area contributed by atoms with Gasteiger partial charge in [0, 0.05) is 13.1 Å². The summed E-state index contributed by atoms with van der Waals surface area (Å²) in [6.45, 7) is 1.03. The Morgan fingerprint density at radius 1 is 1.00 bits per heavy atom. The minimum absolute atomic E-state index is 0.0457. The number of carbonyl (C=O) groups excluding carboxylic acids is 1. The number of nitrogens with zero attached hydrogens (tertiary/aromatic N) is 1. The van der Waals surface area contributed by atoms with Crippen molar-refractivity contribution in [1.29, 1.82) is 0 Å². The van der Waals surface area contributed by atoms with Gasteiger partial charge in [-0.1, -0.05) is 42.5 Å². The third-order valence-corrected chi connectivity index (χ3v) is 3.50. The molecule has 4 heteroatoms. The Morgan fingerprint density at radius 2 is 1.67 bits per heavy atom. The van der Waals surface area contributed by atoms with Crippen LogP contribution in [0.15, 0.2) is 54.6 Å². The molecule has 110 valence electrons. The number of halogens is 2. The molecule has 2 rings (SSSR count). The molecule has 21 heavy (non-hydrogen) atoms. The van der Waals surface area contributed by atoms with Crippen molar-refractivity contribution in [3.05, 3.63) is 71.5 Å². The Balaban J connectivity index is 2.01. The van der Waals surface area contributed by atoms with E-state index in [2.05, 4.69) is 0 Å². The van der Waals surface area contributed by atoms with Gasteiger partial charge in [-0.2, -0.15) is 0 Å². The van der Waals surface area contributed by atoms with Crippen LogP contribution in [-0.2, 0) is 17.8 Å². The lowest BCUT2D eigenvalue weighted by molar-refractivity contribution is -0.129. The molecular weight excluding hydrogens is 289 g/mol. The fourth-order valence-corrected chi connectivity index (χ4v) is 2.26. The highest BCUT2D eigenvalue weighted by atomic mass is 35.5. The summed E-state index contributed by atoms with van der Waals surface area (Å²) in [6, 6.07) is 16.1. The molecule has 0 aliphatic heterocycles. The summed E-state index contributed by atoms with van der Waals surface area (Å²) in [4.78, 5) is 13.6. The molecular formula is C17H17ClFNO. The molecule has 0 aliphatic rings. The van der Waals surface area contributed by atoms with Crippen LogP contribution in [0, 0.1) is 5.82 Å². The molecule has 2 nitrogen and oxygen atoms in total. The highest BCUT2D eigenvalue weighted by Gasteiger charge is 2.13. The SMILES string of the molecule is O=C(CCl)N(CCc1ccccc1)Cc1ccc(F)cc1. The molecule has 0 spiro atoms. The Hall–Kier alpha value is -1.87. The molecule has 1 amide bonds. The van der Waals surface area contributed by atoms with Crippen molar-refractivity contribution < 1.29 is 9.18 Å². The highest BCUT2D eigenvalue weighted by molar-refractivity contribution is 6.27. The molecule has 2 aromatic carbocycles. The van der Waals surface area contributed by atoms with Gasteiger partial charge in [-0.25, -0.2) is 4.39 Å². The fourth-order valence-electron chi connectivity index (χ4n) is 2.10. The van der Waals surface area contributed by atoms with Gasteiger partial charge in [0.25, 0.3) is 0 Å². The maximum Gasteiger partial charge on any atom is 0.237 e. The standard InChI is InChI=1S/C17H17ClFNO/c18-12-17(21)20(11-10-14-4-2-1-3-5-14)13-15-6-8-16(19)9-7-15/h1-9H,10-13H2. The van der Waals surface area contributed by atoms with E-state index in [1.807, 2.05) is 30.3 Å². The van der Waals surface area contributed by atoms with Gasteiger partial charge in [0.05, 0.1) is 0 Å². The van der Waals surface area contributed by atoms with Crippen LogP contribution in [0.4, 0.5) is 4.39 Å². The van der Waals surface area contributed by atoms with Crippen LogP contribution in [0.1, 0.15) is 11.1 Å². The number of alkyl halides is 1. The lowest BCUT2D eigenvalue weighted by atomic mass is 10.1. The first-order valence-electron chi connectivity index (χ1n) is 6.81. The minimum Gasteiger partial charge on any atom is -0.337 e. The first kappa shape index (κ1) is 15.5. The van der Waals surface area contributed by atoms with Gasteiger partial charge in [-0.15, -0.1) is 11.6 Å². The van der Waals surface area contributed by atoms with Gasteiger partial charge in [-0.3, -0.25) is 4.79 Å². The van der Waals surface area contributed by atoms with Crippen molar-refractivity contribution in [2.45, 2.75) is 13.0 Å². The average Bonchev–Trinajstić information content (AvgIpc) is 2.53. The van der Waals surface area contributed by atoms with Crippen molar-refractivity contribution in [2.24, 2.45) is 0 Å². The number of hydrogen-bond donors (Lipinski definition) is 0. The molecule has 0 unspecified atom stereocenters. The molecule has 0 fully saturated rings. The van der Waals surface area contributed by atoms with Gasteiger partial charge in [-0.05, 0) is 29.7 Å². The average molecular weight is 306 g/mol. The van der Waals surface area contributed by atoms with E-state index in [4.69, 9.17) is 11.6 Å². The van der Waals surface area contributed by atoms with Crippen LogP contribution in [0.5, 0.6) is 0 Å². The minimum atomic E-state index is -0.279. The van der Waals surface area contributed by atoms with Crippen LogP contribution >= 0.6 is 11.6 Å². The molecule has 0 atom stereocenters. The van der Waals surface area contributed by atoms with Gasteiger partial charge < -0.3 is 4.90 Å². The summed E-state index contributed by atoms with van der Waals surface area (Å²) >= 11 is 5.67. The van der Waals surface area contributed by atoms with Crippen molar-refractivity contribution in [3.8, 4) is 0 Å². The zero-order chi connectivity index (χ0) is 15.1. The van der Waals surface area contributed by atoms with E-state index < -0.39 is 0 Å². The van der Waals surface area contributed by atoms with E-state index in [0.717, 1.165) is 12.0 Å². The second-order valence-corrected chi connectivity index (χ2v) is 5.08. The topological polar surface area (TPSA) is 20.3 Å². The molecule has 0 aromatic heterocycles. The summed E-state index contributed by atoms with van der Waals surface area (Å²) in [7, 11) is 0. The predicted octanol–water partition coefficient (Wildman–Crippen LogP) is 3.64. The van der Waals surface area contributed by atoms with Crippen molar-refractivity contribution in [2.75, 3.05) is 12.4 Å². The summed E-state index contributed by atoms with van der Waals surface area (Å²) in [5.74, 6) is -0.439. The maximum atomic E-state index is 12.9. The van der Waals surface area contributed by atoms with E-state index in [1.54, 1.807) is 17.0 Å². The van der Waals surface area contributed by atoms with E-state index in [9.17, 15) is 9.18 Å². The fraction of sp³-hybridized carbons (Fsp3) is 0.235. The maximum absolute atomic E-state index is 12.9. The normalized spacial score (nSPS) is 10.4. The van der Waals surface area contributed by atoms with Crippen LogP contribution in [0.3, 0.4) is 0 Å². The number of hydrogen-bond acceptors (Lipinski definition) is 1. The van der Waals surface area contributed by atoms with E-state index >= 15 is 0 Å². The van der Waals surface area contributed by atoms with Crippen molar-refractivity contribution in [3.63, 3.8) is 0 Å². The number of carbonyl (C=O) groups is 1. The molecule has 0 saturated heterocycles. The van der Waals surface area contributed by atoms with E-state index in [0.29, 0.717) is 13.1 Å². The second kappa shape index (κ2) is 7.79. The highest BCUT2D eigenvalue weighted by Crippen LogP contribution is 2.09. The van der Waals surface area contributed by atoms with Crippen LogP contribution in [0.25, 0.3) is 0 Å². The van der Waals surface area contributed by atoms with Crippen molar-refractivity contribution >= 4 is 17.5 Å². The molecule has 0 heterocycles. The van der Waals surface area contributed by atoms with Gasteiger partial charge in [0.15, 0.2) is 0 Å². The van der Waals surface area contributed by atoms with Crippen molar-refractivity contribution in [1.82, 2.24) is 4.90 Å². The second-order valence-electron chi connectivity index (χ2n) is 4.81. The summed E-state index contributed by atoms with van der Waals surface area (Å²) in [5, 5.41) is 0. The molecule has 0 radical (unpaired) electrons. The number of amides is 1. The predicted molar refractivity (Wildman–Crippen MR) is 82.7 cm³/mol. The Bertz CT molecular complexity index is 571. The quantitative estimate of drug-likeness (QED) is 0.746. The Morgan fingerprint density at radius 3 is 2.29 bits per heavy atom.